The summed E-state index contributed by atoms with van der Waals surface area (Å²) in [5.41, 5.74) is 5.51. The fourth-order valence-corrected chi connectivity index (χ4v) is 3.49. The summed E-state index contributed by atoms with van der Waals surface area (Å²) in [6.45, 7) is 7.21. The quantitative estimate of drug-likeness (QED) is 0.795. The fraction of sp³-hybridized carbons (Fsp3) is 0.350. The highest BCUT2D eigenvalue weighted by molar-refractivity contribution is 5.72. The van der Waals surface area contributed by atoms with E-state index < -0.39 is 0 Å². The summed E-state index contributed by atoms with van der Waals surface area (Å²) in [5.74, 6) is 0.865. The van der Waals surface area contributed by atoms with Gasteiger partial charge in [-0.1, -0.05) is 18.2 Å². The van der Waals surface area contributed by atoms with Gasteiger partial charge < -0.3 is 14.5 Å². The maximum absolute atomic E-state index is 5.59. The zero-order valence-corrected chi connectivity index (χ0v) is 14.8. The molecule has 0 bridgehead atoms. The first-order valence-corrected chi connectivity index (χ1v) is 8.80. The van der Waals surface area contributed by atoms with Gasteiger partial charge >= 0.3 is 0 Å². The summed E-state index contributed by atoms with van der Waals surface area (Å²) >= 11 is 0. The summed E-state index contributed by atoms with van der Waals surface area (Å²) in [7, 11) is 1.72. The van der Waals surface area contributed by atoms with Crippen LogP contribution in [0.5, 0.6) is 5.75 Å². The maximum Gasteiger partial charge on any atom is 0.137 e. The first-order chi connectivity index (χ1) is 12.3. The van der Waals surface area contributed by atoms with E-state index in [0.717, 1.165) is 55.4 Å². The lowest BCUT2D eigenvalue weighted by molar-refractivity contribution is 0.230. The molecule has 1 aromatic carbocycles. The second-order valence-electron chi connectivity index (χ2n) is 6.57. The molecule has 5 nitrogen and oxygen atoms in total. The van der Waals surface area contributed by atoms with Crippen LogP contribution in [0.2, 0.25) is 0 Å². The van der Waals surface area contributed by atoms with Crippen LogP contribution in [-0.2, 0) is 6.54 Å². The highest BCUT2D eigenvalue weighted by Crippen LogP contribution is 2.33. The lowest BCUT2D eigenvalue weighted by atomic mass is 10.1. The third kappa shape index (κ3) is 3.13. The molecule has 1 saturated heterocycles. The third-order valence-corrected chi connectivity index (χ3v) is 4.81. The Morgan fingerprint density at radius 1 is 1.12 bits per heavy atom. The number of nitrogens with one attached hydrogen (secondary N) is 1. The number of hydrogen-bond donors (Lipinski definition) is 1. The molecule has 130 valence electrons. The largest absolute Gasteiger partial charge is 0.496 e. The number of rotatable bonds is 4. The van der Waals surface area contributed by atoms with E-state index in [4.69, 9.17) is 9.72 Å². The van der Waals surface area contributed by atoms with Crippen molar-refractivity contribution in [1.82, 2.24) is 19.6 Å². The number of benzene rings is 1. The summed E-state index contributed by atoms with van der Waals surface area (Å²) in [6.07, 6.45) is 2.18. The molecule has 0 atom stereocenters. The zero-order valence-electron chi connectivity index (χ0n) is 14.8. The first kappa shape index (κ1) is 16.1. The second kappa shape index (κ2) is 6.86. The lowest BCUT2D eigenvalue weighted by Gasteiger charge is -2.27. The molecule has 0 saturated carbocycles. The van der Waals surface area contributed by atoms with Crippen LogP contribution in [0, 0.1) is 6.92 Å². The van der Waals surface area contributed by atoms with Gasteiger partial charge in [-0.3, -0.25) is 4.90 Å². The Morgan fingerprint density at radius 3 is 2.72 bits per heavy atom. The van der Waals surface area contributed by atoms with Crippen LogP contribution in [0.15, 0.2) is 42.6 Å². The number of aromatic nitrogens is 2. The van der Waals surface area contributed by atoms with Crippen LogP contribution in [0.1, 0.15) is 11.3 Å². The second-order valence-corrected chi connectivity index (χ2v) is 6.57. The predicted molar refractivity (Wildman–Crippen MR) is 100 cm³/mol. The van der Waals surface area contributed by atoms with Crippen molar-refractivity contribution >= 4 is 5.65 Å². The van der Waals surface area contributed by atoms with Crippen LogP contribution in [0.3, 0.4) is 0 Å². The van der Waals surface area contributed by atoms with Crippen LogP contribution in [0.25, 0.3) is 16.9 Å². The lowest BCUT2D eigenvalue weighted by Crippen LogP contribution is -2.43. The highest BCUT2D eigenvalue weighted by atomic mass is 16.5. The molecule has 3 heterocycles. The van der Waals surface area contributed by atoms with Crippen molar-refractivity contribution in [2.24, 2.45) is 0 Å². The summed E-state index contributed by atoms with van der Waals surface area (Å²) in [4.78, 5) is 7.43. The van der Waals surface area contributed by atoms with Crippen LogP contribution in [0.4, 0.5) is 0 Å². The number of aryl methyl sites for hydroxylation is 1. The highest BCUT2D eigenvalue weighted by Gasteiger charge is 2.20. The van der Waals surface area contributed by atoms with Crippen molar-refractivity contribution in [2.75, 3.05) is 33.3 Å². The van der Waals surface area contributed by atoms with Crippen molar-refractivity contribution in [3.63, 3.8) is 0 Å². The number of methoxy groups -OCH3 is 1. The Morgan fingerprint density at radius 2 is 1.92 bits per heavy atom. The molecule has 4 rings (SSSR count). The molecule has 1 aliphatic rings. The summed E-state index contributed by atoms with van der Waals surface area (Å²) in [6, 6.07) is 12.3. The number of hydrogen-bond acceptors (Lipinski definition) is 4. The number of imidazole rings is 1. The van der Waals surface area contributed by atoms with Gasteiger partial charge in [-0.15, -0.1) is 0 Å². The van der Waals surface area contributed by atoms with Gasteiger partial charge in [-0.2, -0.15) is 0 Å². The number of fused-ring (bicyclic) bond motifs is 1. The van der Waals surface area contributed by atoms with E-state index in [1.54, 1.807) is 7.11 Å². The topological polar surface area (TPSA) is 41.8 Å². The summed E-state index contributed by atoms with van der Waals surface area (Å²) in [5, 5.41) is 3.42. The van der Waals surface area contributed by atoms with E-state index in [1.165, 1.54) is 11.3 Å². The van der Waals surface area contributed by atoms with E-state index in [2.05, 4.69) is 45.9 Å². The van der Waals surface area contributed by atoms with Gasteiger partial charge in [0.1, 0.15) is 11.4 Å². The Hall–Kier alpha value is -2.37. The van der Waals surface area contributed by atoms with Crippen molar-refractivity contribution in [2.45, 2.75) is 13.5 Å². The molecular formula is C20H24N4O. The minimum Gasteiger partial charge on any atom is -0.496 e. The molecule has 5 heteroatoms. The van der Waals surface area contributed by atoms with E-state index in [0.29, 0.717) is 0 Å². The number of piperazine rings is 1. The Balaban J connectivity index is 1.86. The fourth-order valence-electron chi connectivity index (χ4n) is 3.49. The molecule has 1 N–H and O–H groups in total. The van der Waals surface area contributed by atoms with E-state index >= 15 is 0 Å². The molecule has 3 aromatic rings. The number of nitrogens with zero attached hydrogens (tertiary/aromatic N) is 3. The Labute approximate surface area is 148 Å². The first-order valence-electron chi connectivity index (χ1n) is 8.80. The zero-order chi connectivity index (χ0) is 17.2. The molecule has 1 aliphatic heterocycles. The van der Waals surface area contributed by atoms with E-state index in [9.17, 15) is 0 Å². The third-order valence-electron chi connectivity index (χ3n) is 4.81. The van der Waals surface area contributed by atoms with Gasteiger partial charge in [0.2, 0.25) is 0 Å². The average molecular weight is 336 g/mol. The monoisotopic (exact) mass is 336 g/mol. The molecular weight excluding hydrogens is 312 g/mol. The maximum atomic E-state index is 5.59. The van der Waals surface area contributed by atoms with Crippen LogP contribution >= 0.6 is 0 Å². The van der Waals surface area contributed by atoms with Gasteiger partial charge in [-0.05, 0) is 30.7 Å². The molecule has 0 unspecified atom stereocenters. The van der Waals surface area contributed by atoms with Gasteiger partial charge in [0.15, 0.2) is 0 Å². The number of para-hydroxylation sites is 1. The normalized spacial score (nSPS) is 15.6. The van der Waals surface area contributed by atoms with Crippen molar-refractivity contribution in [3.05, 3.63) is 53.9 Å². The van der Waals surface area contributed by atoms with Gasteiger partial charge in [0.25, 0.3) is 0 Å². The van der Waals surface area contributed by atoms with Crippen molar-refractivity contribution < 1.29 is 4.74 Å². The van der Waals surface area contributed by atoms with Crippen LogP contribution < -0.4 is 10.1 Å². The van der Waals surface area contributed by atoms with Crippen molar-refractivity contribution in [1.29, 1.82) is 0 Å². The Bertz CT molecular complexity index is 881. The minimum absolute atomic E-state index is 0.865. The average Bonchev–Trinajstić information content (AvgIpc) is 3.00. The molecule has 0 amide bonds. The molecule has 1 fully saturated rings. The molecule has 0 spiro atoms. The minimum atomic E-state index is 0.865. The Kier molecular flexibility index (Phi) is 4.42. The SMILES string of the molecule is COc1ccccc1-c1nc2ccc(C)cn2c1CN1CCNCC1. The van der Waals surface area contributed by atoms with Crippen molar-refractivity contribution in [3.8, 4) is 17.0 Å². The summed E-state index contributed by atoms with van der Waals surface area (Å²) < 4.78 is 7.83. The predicted octanol–water partition coefficient (Wildman–Crippen LogP) is 2.72. The van der Waals surface area contributed by atoms with Gasteiger partial charge in [-0.25, -0.2) is 4.98 Å². The molecule has 25 heavy (non-hydrogen) atoms. The number of ether oxygens (including phenoxy) is 1. The molecule has 2 aromatic heterocycles. The van der Waals surface area contributed by atoms with Gasteiger partial charge in [0.05, 0.1) is 18.5 Å². The smallest absolute Gasteiger partial charge is 0.137 e. The van der Waals surface area contributed by atoms with Gasteiger partial charge in [0, 0.05) is 44.5 Å². The van der Waals surface area contributed by atoms with Crippen LogP contribution in [-0.4, -0.2) is 47.6 Å². The van der Waals surface area contributed by atoms with E-state index in [1.807, 2.05) is 18.2 Å². The van der Waals surface area contributed by atoms with E-state index in [-0.39, 0.29) is 0 Å². The molecule has 0 radical (unpaired) electrons. The molecule has 0 aliphatic carbocycles. The number of pyridine rings is 1. The standard InChI is InChI=1S/C20H24N4O/c1-15-7-8-19-22-20(16-5-3-4-6-18(16)25-2)17(24(19)13-15)14-23-11-9-21-10-12-23/h3-8,13,21H,9-12,14H2,1-2H3.